The summed E-state index contributed by atoms with van der Waals surface area (Å²) in [6.07, 6.45) is 6.76. The molecule has 2 N–H and O–H groups in total. The van der Waals surface area contributed by atoms with Crippen molar-refractivity contribution in [3.8, 4) is 0 Å². The number of aliphatic hydroxyl groups excluding tert-OH is 1. The highest BCUT2D eigenvalue weighted by Gasteiger charge is 2.36. The van der Waals surface area contributed by atoms with Gasteiger partial charge in [0.2, 0.25) is 0 Å². The van der Waals surface area contributed by atoms with Crippen LogP contribution in [-0.2, 0) is 4.79 Å². The minimum atomic E-state index is -0.902. The van der Waals surface area contributed by atoms with Crippen LogP contribution in [0, 0.1) is 0 Å². The number of carboxylic acid groups (broad SMARTS) is 1. The quantitative estimate of drug-likeness (QED) is 0.830. The Kier molecular flexibility index (Phi) is 5.85. The molecule has 2 amide bonds. The fourth-order valence-electron chi connectivity index (χ4n) is 3.46. The third-order valence-corrected chi connectivity index (χ3v) is 4.62. The second-order valence-electron chi connectivity index (χ2n) is 6.03. The summed E-state index contributed by atoms with van der Waals surface area (Å²) in [5, 5.41) is 18.6. The van der Waals surface area contributed by atoms with E-state index in [1.54, 1.807) is 9.80 Å². The summed E-state index contributed by atoms with van der Waals surface area (Å²) in [5.41, 5.74) is 0. The van der Waals surface area contributed by atoms with Gasteiger partial charge in [0.1, 0.15) is 6.04 Å². The molecular weight excluding hydrogens is 272 g/mol. The molecule has 2 atom stereocenters. The Balaban J connectivity index is 2.12. The van der Waals surface area contributed by atoms with E-state index in [2.05, 4.69) is 0 Å². The third-order valence-electron chi connectivity index (χ3n) is 4.62. The number of aliphatic hydroxyl groups is 1. The zero-order valence-electron chi connectivity index (χ0n) is 12.5. The highest BCUT2D eigenvalue weighted by molar-refractivity contribution is 5.83. The average Bonchev–Trinajstić information content (AvgIpc) is 2.73. The molecule has 0 radical (unpaired) electrons. The molecule has 2 heterocycles. The van der Waals surface area contributed by atoms with Crippen molar-refractivity contribution in [1.82, 2.24) is 9.80 Å². The lowest BCUT2D eigenvalue weighted by Gasteiger charge is -2.40. The number of hydrogen-bond donors (Lipinski definition) is 2. The Morgan fingerprint density at radius 3 is 2.33 bits per heavy atom. The summed E-state index contributed by atoms with van der Waals surface area (Å²) in [7, 11) is 0. The summed E-state index contributed by atoms with van der Waals surface area (Å²) >= 11 is 0. The average molecular weight is 298 g/mol. The first kappa shape index (κ1) is 16.1. The number of nitrogens with zero attached hydrogens (tertiary/aromatic N) is 2. The molecule has 2 aliphatic heterocycles. The molecule has 2 fully saturated rings. The van der Waals surface area contributed by atoms with Crippen LogP contribution in [0.1, 0.15) is 51.4 Å². The van der Waals surface area contributed by atoms with E-state index in [9.17, 15) is 14.7 Å². The standard InChI is InChI=1S/C15H26N2O4/c18-11-8-12-6-3-5-9-16(12)15(21)17-10-4-1-2-7-13(17)14(19)20/h12-13,18H,1-11H2,(H,19,20). The van der Waals surface area contributed by atoms with E-state index in [1.165, 1.54) is 0 Å². The Morgan fingerprint density at radius 2 is 1.62 bits per heavy atom. The van der Waals surface area contributed by atoms with Crippen LogP contribution in [0.5, 0.6) is 0 Å². The van der Waals surface area contributed by atoms with Crippen LogP contribution in [-0.4, -0.2) is 63.8 Å². The number of piperidine rings is 1. The van der Waals surface area contributed by atoms with Gasteiger partial charge in [-0.1, -0.05) is 12.8 Å². The van der Waals surface area contributed by atoms with Crippen molar-refractivity contribution in [3.05, 3.63) is 0 Å². The topological polar surface area (TPSA) is 81.1 Å². The van der Waals surface area contributed by atoms with E-state index < -0.39 is 12.0 Å². The Bertz CT molecular complexity index is 373. The fourth-order valence-corrected chi connectivity index (χ4v) is 3.46. The van der Waals surface area contributed by atoms with Crippen molar-refractivity contribution in [2.45, 2.75) is 63.5 Å². The molecular formula is C15H26N2O4. The molecule has 0 aliphatic carbocycles. The number of aliphatic carboxylic acids is 1. The second kappa shape index (κ2) is 7.64. The summed E-state index contributed by atoms with van der Waals surface area (Å²) in [5.74, 6) is -0.902. The smallest absolute Gasteiger partial charge is 0.326 e. The number of hydrogen-bond acceptors (Lipinski definition) is 3. The normalized spacial score (nSPS) is 27.3. The van der Waals surface area contributed by atoms with Gasteiger partial charge in [-0.3, -0.25) is 0 Å². The monoisotopic (exact) mass is 298 g/mol. The van der Waals surface area contributed by atoms with Gasteiger partial charge in [0.05, 0.1) is 0 Å². The number of likely N-dealkylation sites (tertiary alicyclic amines) is 2. The summed E-state index contributed by atoms with van der Waals surface area (Å²) in [6.45, 7) is 1.27. The van der Waals surface area contributed by atoms with Crippen LogP contribution in [0.15, 0.2) is 0 Å². The Hall–Kier alpha value is -1.30. The van der Waals surface area contributed by atoms with Gasteiger partial charge in [-0.25, -0.2) is 9.59 Å². The molecule has 2 aliphatic rings. The molecule has 2 saturated heterocycles. The predicted molar refractivity (Wildman–Crippen MR) is 78.0 cm³/mol. The van der Waals surface area contributed by atoms with Crippen molar-refractivity contribution in [2.24, 2.45) is 0 Å². The highest BCUT2D eigenvalue weighted by Crippen LogP contribution is 2.24. The number of carbonyl (C=O) groups is 2. The van der Waals surface area contributed by atoms with Gasteiger partial charge in [-0.2, -0.15) is 0 Å². The van der Waals surface area contributed by atoms with E-state index in [0.717, 1.165) is 38.5 Å². The maximum Gasteiger partial charge on any atom is 0.326 e. The Labute approximate surface area is 125 Å². The van der Waals surface area contributed by atoms with E-state index >= 15 is 0 Å². The zero-order chi connectivity index (χ0) is 15.2. The number of urea groups is 1. The van der Waals surface area contributed by atoms with Crippen molar-refractivity contribution in [3.63, 3.8) is 0 Å². The van der Waals surface area contributed by atoms with Crippen molar-refractivity contribution in [1.29, 1.82) is 0 Å². The molecule has 6 heteroatoms. The number of carbonyl (C=O) groups excluding carboxylic acids is 1. The van der Waals surface area contributed by atoms with Gasteiger partial charge in [0.15, 0.2) is 0 Å². The summed E-state index contributed by atoms with van der Waals surface area (Å²) in [4.78, 5) is 27.6. The largest absolute Gasteiger partial charge is 0.480 e. The molecule has 21 heavy (non-hydrogen) atoms. The number of rotatable bonds is 3. The number of amides is 2. The van der Waals surface area contributed by atoms with Gasteiger partial charge in [0, 0.05) is 25.7 Å². The summed E-state index contributed by atoms with van der Waals surface area (Å²) < 4.78 is 0. The molecule has 0 spiro atoms. The van der Waals surface area contributed by atoms with Crippen LogP contribution < -0.4 is 0 Å². The highest BCUT2D eigenvalue weighted by atomic mass is 16.4. The van der Waals surface area contributed by atoms with Crippen LogP contribution in [0.4, 0.5) is 4.79 Å². The second-order valence-corrected chi connectivity index (χ2v) is 6.03. The lowest BCUT2D eigenvalue weighted by Crippen LogP contribution is -2.55. The van der Waals surface area contributed by atoms with Gasteiger partial charge in [-0.15, -0.1) is 0 Å². The molecule has 120 valence electrons. The first-order valence-electron chi connectivity index (χ1n) is 8.06. The SMILES string of the molecule is O=C(O)C1CCCCCN1C(=O)N1CCCCC1CCO. The van der Waals surface area contributed by atoms with Gasteiger partial charge >= 0.3 is 12.0 Å². The van der Waals surface area contributed by atoms with Gasteiger partial charge in [0.25, 0.3) is 0 Å². The predicted octanol–water partition coefficient (Wildman–Crippen LogP) is 1.67. The molecule has 0 saturated carbocycles. The fraction of sp³-hybridized carbons (Fsp3) is 0.867. The first-order valence-corrected chi connectivity index (χ1v) is 8.06. The van der Waals surface area contributed by atoms with Gasteiger partial charge in [-0.05, 0) is 38.5 Å². The third kappa shape index (κ3) is 3.87. The number of carboxylic acids is 1. The zero-order valence-corrected chi connectivity index (χ0v) is 12.5. The van der Waals surface area contributed by atoms with Crippen molar-refractivity contribution >= 4 is 12.0 Å². The maximum absolute atomic E-state index is 12.8. The van der Waals surface area contributed by atoms with Crippen LogP contribution in [0.3, 0.4) is 0 Å². The molecule has 0 aromatic carbocycles. The summed E-state index contributed by atoms with van der Waals surface area (Å²) in [6, 6.07) is -0.798. The van der Waals surface area contributed by atoms with E-state index in [4.69, 9.17) is 5.11 Å². The lowest BCUT2D eigenvalue weighted by atomic mass is 10.00. The Morgan fingerprint density at radius 1 is 0.952 bits per heavy atom. The van der Waals surface area contributed by atoms with E-state index in [-0.39, 0.29) is 18.7 Å². The molecule has 0 bridgehead atoms. The van der Waals surface area contributed by atoms with E-state index in [1.807, 2.05) is 0 Å². The molecule has 6 nitrogen and oxygen atoms in total. The van der Waals surface area contributed by atoms with Crippen LogP contribution in [0.25, 0.3) is 0 Å². The molecule has 0 aromatic heterocycles. The van der Waals surface area contributed by atoms with Gasteiger partial charge < -0.3 is 20.0 Å². The van der Waals surface area contributed by atoms with E-state index in [0.29, 0.717) is 25.9 Å². The van der Waals surface area contributed by atoms with Crippen LogP contribution in [0.2, 0.25) is 0 Å². The maximum atomic E-state index is 12.8. The van der Waals surface area contributed by atoms with Crippen molar-refractivity contribution < 1.29 is 19.8 Å². The van der Waals surface area contributed by atoms with Crippen molar-refractivity contribution in [2.75, 3.05) is 19.7 Å². The van der Waals surface area contributed by atoms with Crippen LogP contribution >= 0.6 is 0 Å². The molecule has 2 rings (SSSR count). The molecule has 2 unspecified atom stereocenters. The first-order chi connectivity index (χ1) is 10.1. The lowest BCUT2D eigenvalue weighted by molar-refractivity contribution is -0.142. The minimum Gasteiger partial charge on any atom is -0.480 e. The molecule has 0 aromatic rings. The minimum absolute atomic E-state index is 0.0500.